The van der Waals surface area contributed by atoms with Crippen LogP contribution in [0.4, 0.5) is 10.5 Å². The predicted octanol–water partition coefficient (Wildman–Crippen LogP) is 3.37. The van der Waals surface area contributed by atoms with E-state index in [9.17, 15) is 4.79 Å². The topological polar surface area (TPSA) is 76.8 Å². The van der Waals surface area contributed by atoms with Gasteiger partial charge in [-0.25, -0.2) is 4.79 Å². The zero-order valence-electron chi connectivity index (χ0n) is 15.4. The summed E-state index contributed by atoms with van der Waals surface area (Å²) >= 11 is 0. The fourth-order valence-corrected chi connectivity index (χ4v) is 3.00. The molecule has 1 unspecified atom stereocenters. The van der Waals surface area contributed by atoms with Crippen molar-refractivity contribution in [3.8, 4) is 16.9 Å². The number of urea groups is 1. The van der Waals surface area contributed by atoms with Crippen LogP contribution in [-0.2, 0) is 4.74 Å². The van der Waals surface area contributed by atoms with Gasteiger partial charge in [0, 0.05) is 18.8 Å². The normalized spacial score (nSPS) is 16.4. The number of methoxy groups -OCH3 is 1. The molecular formula is C20H26ClN3O3. The van der Waals surface area contributed by atoms with E-state index in [1.165, 1.54) is 0 Å². The Labute approximate surface area is 166 Å². The third-order valence-corrected chi connectivity index (χ3v) is 4.47. The first-order valence-electron chi connectivity index (χ1n) is 8.81. The highest BCUT2D eigenvalue weighted by Crippen LogP contribution is 2.24. The maximum Gasteiger partial charge on any atom is 0.322 e. The van der Waals surface area contributed by atoms with Crippen molar-refractivity contribution < 1.29 is 14.3 Å². The van der Waals surface area contributed by atoms with Crippen LogP contribution in [0.25, 0.3) is 11.1 Å². The summed E-state index contributed by atoms with van der Waals surface area (Å²) in [4.78, 5) is 14.2. The number of nitrogens with zero attached hydrogens (tertiary/aromatic N) is 1. The molecule has 2 aromatic carbocycles. The molecule has 0 bridgehead atoms. The van der Waals surface area contributed by atoms with E-state index in [2.05, 4.69) is 5.32 Å². The van der Waals surface area contributed by atoms with Crippen LogP contribution in [0.5, 0.6) is 5.75 Å². The highest BCUT2D eigenvalue weighted by molar-refractivity contribution is 5.89. The monoisotopic (exact) mass is 391 g/mol. The molecule has 146 valence electrons. The maximum atomic E-state index is 12.5. The zero-order chi connectivity index (χ0) is 18.4. The molecule has 0 radical (unpaired) electrons. The summed E-state index contributed by atoms with van der Waals surface area (Å²) in [7, 11) is 1.65. The van der Waals surface area contributed by atoms with Gasteiger partial charge in [-0.05, 0) is 48.4 Å². The lowest BCUT2D eigenvalue weighted by Gasteiger charge is -2.32. The van der Waals surface area contributed by atoms with E-state index in [-0.39, 0.29) is 24.5 Å². The molecule has 1 fully saturated rings. The summed E-state index contributed by atoms with van der Waals surface area (Å²) < 4.78 is 10.8. The van der Waals surface area contributed by atoms with Crippen molar-refractivity contribution in [2.75, 3.05) is 38.7 Å². The first-order chi connectivity index (χ1) is 12.7. The van der Waals surface area contributed by atoms with Gasteiger partial charge in [0.2, 0.25) is 0 Å². The Kier molecular flexibility index (Phi) is 7.91. The number of rotatable bonds is 5. The number of morpholine rings is 1. The van der Waals surface area contributed by atoms with Gasteiger partial charge in [-0.1, -0.05) is 24.3 Å². The fourth-order valence-electron chi connectivity index (χ4n) is 3.00. The Morgan fingerprint density at radius 2 is 1.81 bits per heavy atom. The Morgan fingerprint density at radius 3 is 2.41 bits per heavy atom. The van der Waals surface area contributed by atoms with Crippen LogP contribution in [0.2, 0.25) is 0 Å². The molecule has 1 aliphatic heterocycles. The molecule has 6 nitrogen and oxygen atoms in total. The number of nitrogens with two attached hydrogens (primary N) is 1. The van der Waals surface area contributed by atoms with Crippen molar-refractivity contribution in [3.63, 3.8) is 0 Å². The van der Waals surface area contributed by atoms with Gasteiger partial charge in [0.25, 0.3) is 0 Å². The number of ether oxygens (including phenoxy) is 2. The zero-order valence-corrected chi connectivity index (χ0v) is 16.2. The highest BCUT2D eigenvalue weighted by atomic mass is 35.5. The number of halogens is 1. The predicted molar refractivity (Wildman–Crippen MR) is 110 cm³/mol. The standard InChI is InChI=1S/C20H25N3O3.ClH/c1-25-18-8-4-16(5-9-18)15-2-6-17(7-3-15)22-20(24)23-12-13-26-19(14-23)10-11-21;/h2-9,19H,10-14,21H2,1H3,(H,22,24);1H. The number of hydrogen-bond donors (Lipinski definition) is 2. The van der Waals surface area contributed by atoms with Crippen molar-refractivity contribution in [3.05, 3.63) is 48.5 Å². The Hall–Kier alpha value is -2.28. The van der Waals surface area contributed by atoms with Gasteiger partial charge in [-0.2, -0.15) is 0 Å². The summed E-state index contributed by atoms with van der Waals surface area (Å²) in [6, 6.07) is 15.6. The summed E-state index contributed by atoms with van der Waals surface area (Å²) in [5, 5.41) is 2.95. The lowest BCUT2D eigenvalue weighted by atomic mass is 10.1. The summed E-state index contributed by atoms with van der Waals surface area (Å²) in [5.41, 5.74) is 8.53. The van der Waals surface area contributed by atoms with Crippen LogP contribution in [0, 0.1) is 0 Å². The summed E-state index contributed by atoms with van der Waals surface area (Å²) in [6.45, 7) is 2.28. The molecule has 2 amide bonds. The first-order valence-corrected chi connectivity index (χ1v) is 8.81. The summed E-state index contributed by atoms with van der Waals surface area (Å²) in [6.07, 6.45) is 0.789. The number of carbonyl (C=O) groups is 1. The average Bonchev–Trinajstić information content (AvgIpc) is 2.69. The lowest BCUT2D eigenvalue weighted by molar-refractivity contribution is -0.0146. The molecule has 1 heterocycles. The van der Waals surface area contributed by atoms with Crippen LogP contribution in [0.3, 0.4) is 0 Å². The van der Waals surface area contributed by atoms with Crippen molar-refractivity contribution in [2.45, 2.75) is 12.5 Å². The van der Waals surface area contributed by atoms with E-state index in [1.807, 2.05) is 48.5 Å². The number of hydrogen-bond acceptors (Lipinski definition) is 4. The molecule has 1 saturated heterocycles. The first kappa shape index (κ1) is 21.0. The molecule has 0 aliphatic carbocycles. The second kappa shape index (κ2) is 10.2. The molecule has 1 atom stereocenters. The van der Waals surface area contributed by atoms with Gasteiger partial charge < -0.3 is 25.4 Å². The van der Waals surface area contributed by atoms with E-state index in [0.29, 0.717) is 26.2 Å². The molecule has 3 rings (SSSR count). The average molecular weight is 392 g/mol. The molecule has 0 spiro atoms. The Balaban J connectivity index is 0.00000261. The molecule has 27 heavy (non-hydrogen) atoms. The quantitative estimate of drug-likeness (QED) is 0.819. The SMILES string of the molecule is COc1ccc(-c2ccc(NC(=O)N3CCOC(CCN)C3)cc2)cc1.Cl. The molecule has 2 aromatic rings. The van der Waals surface area contributed by atoms with Gasteiger partial charge in [0.1, 0.15) is 5.75 Å². The lowest BCUT2D eigenvalue weighted by Crippen LogP contribution is -2.47. The largest absolute Gasteiger partial charge is 0.497 e. The van der Waals surface area contributed by atoms with E-state index < -0.39 is 0 Å². The summed E-state index contributed by atoms with van der Waals surface area (Å²) in [5.74, 6) is 0.830. The van der Waals surface area contributed by atoms with Crippen LogP contribution in [0.1, 0.15) is 6.42 Å². The molecule has 1 aliphatic rings. The second-order valence-electron chi connectivity index (χ2n) is 6.25. The van der Waals surface area contributed by atoms with Crippen LogP contribution >= 0.6 is 12.4 Å². The molecular weight excluding hydrogens is 366 g/mol. The number of benzene rings is 2. The molecule has 0 aromatic heterocycles. The van der Waals surface area contributed by atoms with E-state index >= 15 is 0 Å². The third-order valence-electron chi connectivity index (χ3n) is 4.47. The highest BCUT2D eigenvalue weighted by Gasteiger charge is 2.23. The molecule has 3 N–H and O–H groups in total. The maximum absolute atomic E-state index is 12.5. The van der Waals surface area contributed by atoms with E-state index in [4.69, 9.17) is 15.2 Å². The smallest absolute Gasteiger partial charge is 0.322 e. The van der Waals surface area contributed by atoms with E-state index in [0.717, 1.165) is 29.0 Å². The van der Waals surface area contributed by atoms with Gasteiger partial charge in [0.15, 0.2) is 0 Å². The van der Waals surface area contributed by atoms with Crippen molar-refractivity contribution >= 4 is 24.1 Å². The van der Waals surface area contributed by atoms with Crippen LogP contribution in [-0.4, -0.2) is 50.4 Å². The van der Waals surface area contributed by atoms with Crippen LogP contribution < -0.4 is 15.8 Å². The Morgan fingerprint density at radius 1 is 1.19 bits per heavy atom. The van der Waals surface area contributed by atoms with Crippen molar-refractivity contribution in [1.29, 1.82) is 0 Å². The Bertz CT molecular complexity index is 720. The molecule has 7 heteroatoms. The van der Waals surface area contributed by atoms with E-state index in [1.54, 1.807) is 12.0 Å². The van der Waals surface area contributed by atoms with Crippen LogP contribution in [0.15, 0.2) is 48.5 Å². The number of anilines is 1. The third kappa shape index (κ3) is 5.60. The van der Waals surface area contributed by atoms with Gasteiger partial charge in [0.05, 0.1) is 19.8 Å². The van der Waals surface area contributed by atoms with Gasteiger partial charge in [-0.3, -0.25) is 0 Å². The van der Waals surface area contributed by atoms with Crippen molar-refractivity contribution in [1.82, 2.24) is 4.90 Å². The minimum absolute atomic E-state index is 0. The van der Waals surface area contributed by atoms with Crippen molar-refractivity contribution in [2.24, 2.45) is 5.73 Å². The number of nitrogens with one attached hydrogen (secondary N) is 1. The van der Waals surface area contributed by atoms with Gasteiger partial charge >= 0.3 is 6.03 Å². The van der Waals surface area contributed by atoms with Gasteiger partial charge in [-0.15, -0.1) is 12.4 Å². The minimum Gasteiger partial charge on any atom is -0.497 e. The second-order valence-corrected chi connectivity index (χ2v) is 6.25. The minimum atomic E-state index is -0.104. The number of amides is 2. The number of carbonyl (C=O) groups excluding carboxylic acids is 1. The fraction of sp³-hybridized carbons (Fsp3) is 0.350. The molecule has 0 saturated carbocycles.